The molecule has 1 aromatic heterocycles. The van der Waals surface area contributed by atoms with Crippen LogP contribution < -0.4 is 20.7 Å². The van der Waals surface area contributed by atoms with Gasteiger partial charge in [0.25, 0.3) is 11.8 Å². The second-order valence-electron chi connectivity index (χ2n) is 8.23. The van der Waals surface area contributed by atoms with E-state index in [1.165, 1.54) is 13.2 Å². The third-order valence-corrected chi connectivity index (χ3v) is 5.82. The number of anilines is 2. The summed E-state index contributed by atoms with van der Waals surface area (Å²) in [6.07, 6.45) is 1.38. The van der Waals surface area contributed by atoms with Crippen LogP contribution in [-0.2, 0) is 4.79 Å². The minimum atomic E-state index is -1.42. The molecule has 1 aliphatic heterocycles. The summed E-state index contributed by atoms with van der Waals surface area (Å²) in [5.74, 6) is -6.89. The highest BCUT2D eigenvalue weighted by Crippen LogP contribution is 2.37. The molecule has 38 heavy (non-hydrogen) atoms. The van der Waals surface area contributed by atoms with Gasteiger partial charge in [0.05, 0.1) is 29.6 Å². The first kappa shape index (κ1) is 26.0. The van der Waals surface area contributed by atoms with E-state index in [1.54, 1.807) is 19.2 Å². The number of aromatic amines is 1. The molecule has 1 aliphatic rings. The van der Waals surface area contributed by atoms with Crippen molar-refractivity contribution in [3.8, 4) is 5.75 Å². The standard InChI is InChI=1S/C25H19F3N4O6/c1-9-17(29-10(2)20(9)24(35)36)7-13-12-6-14(26)19(8-18(12)30-22(13)33)31-25(37)32-23(34)21-15(27)4-11(38-3)5-16(21)28/h4-8,29H,1-3H3,(H,30,33)(H,35,36)(H2,31,32,34,37). The van der Waals surface area contributed by atoms with Crippen molar-refractivity contribution in [3.63, 3.8) is 0 Å². The van der Waals surface area contributed by atoms with E-state index in [0.717, 1.165) is 24.3 Å². The number of hydrogen-bond acceptors (Lipinski definition) is 5. The van der Waals surface area contributed by atoms with Gasteiger partial charge in [0, 0.05) is 29.1 Å². The quantitative estimate of drug-likeness (QED) is 0.313. The number of carboxylic acids is 1. The third-order valence-electron chi connectivity index (χ3n) is 5.82. The number of aromatic nitrogens is 1. The normalized spacial score (nSPS) is 13.2. The number of amides is 4. The molecule has 0 radical (unpaired) electrons. The fourth-order valence-electron chi connectivity index (χ4n) is 4.04. The van der Waals surface area contributed by atoms with E-state index in [0.29, 0.717) is 17.0 Å². The number of carbonyl (C=O) groups is 4. The van der Waals surface area contributed by atoms with Crippen LogP contribution in [0.5, 0.6) is 5.75 Å². The summed E-state index contributed by atoms with van der Waals surface area (Å²) >= 11 is 0. The molecule has 0 bridgehead atoms. The van der Waals surface area contributed by atoms with Gasteiger partial charge in [0.2, 0.25) is 0 Å². The molecule has 2 aromatic carbocycles. The molecule has 5 N–H and O–H groups in total. The topological polar surface area (TPSA) is 150 Å². The Balaban J connectivity index is 1.57. The Morgan fingerprint density at radius 1 is 1.00 bits per heavy atom. The largest absolute Gasteiger partial charge is 0.497 e. The maximum atomic E-state index is 14.9. The number of methoxy groups -OCH3 is 1. The second-order valence-corrected chi connectivity index (χ2v) is 8.23. The minimum absolute atomic E-state index is 0.0387. The summed E-state index contributed by atoms with van der Waals surface area (Å²) in [6.45, 7) is 3.12. The number of aromatic carboxylic acids is 1. The molecule has 10 nitrogen and oxygen atoms in total. The van der Waals surface area contributed by atoms with Crippen LogP contribution in [0, 0.1) is 31.3 Å². The average Bonchev–Trinajstić information content (AvgIpc) is 3.27. The van der Waals surface area contributed by atoms with Gasteiger partial charge in [-0.25, -0.2) is 22.8 Å². The Morgan fingerprint density at radius 3 is 2.24 bits per heavy atom. The molecule has 2 heterocycles. The fraction of sp³-hybridized carbons (Fsp3) is 0.120. The molecule has 0 fully saturated rings. The molecule has 0 saturated heterocycles. The molecule has 196 valence electrons. The lowest BCUT2D eigenvalue weighted by atomic mass is 10.0. The van der Waals surface area contributed by atoms with Crippen LogP contribution in [0.4, 0.5) is 29.3 Å². The number of rotatable bonds is 5. The number of urea groups is 1. The van der Waals surface area contributed by atoms with Gasteiger partial charge in [0.15, 0.2) is 0 Å². The zero-order valence-corrected chi connectivity index (χ0v) is 20.0. The van der Waals surface area contributed by atoms with Crippen molar-refractivity contribution in [2.45, 2.75) is 13.8 Å². The molecule has 4 rings (SSSR count). The lowest BCUT2D eigenvalue weighted by Gasteiger charge is -2.11. The second kappa shape index (κ2) is 9.76. The van der Waals surface area contributed by atoms with E-state index in [2.05, 4.69) is 15.6 Å². The first-order valence-electron chi connectivity index (χ1n) is 10.9. The van der Waals surface area contributed by atoms with Gasteiger partial charge in [-0.2, -0.15) is 0 Å². The highest BCUT2D eigenvalue weighted by Gasteiger charge is 2.28. The molecule has 0 unspecified atom stereocenters. The lowest BCUT2D eigenvalue weighted by Crippen LogP contribution is -2.35. The van der Waals surface area contributed by atoms with Crippen molar-refractivity contribution in [2.75, 3.05) is 17.7 Å². The van der Waals surface area contributed by atoms with E-state index in [9.17, 15) is 37.5 Å². The maximum Gasteiger partial charge on any atom is 0.337 e. The van der Waals surface area contributed by atoms with Gasteiger partial charge < -0.3 is 25.5 Å². The van der Waals surface area contributed by atoms with E-state index < -0.39 is 52.5 Å². The van der Waals surface area contributed by atoms with Crippen LogP contribution >= 0.6 is 0 Å². The number of H-pyrrole nitrogens is 1. The predicted molar refractivity (Wildman–Crippen MR) is 130 cm³/mol. The number of fused-ring (bicyclic) bond motifs is 1. The number of benzene rings is 2. The molecule has 0 spiro atoms. The van der Waals surface area contributed by atoms with Crippen molar-refractivity contribution in [1.82, 2.24) is 10.3 Å². The number of halogens is 3. The molecular formula is C25H19F3N4O6. The van der Waals surface area contributed by atoms with Crippen molar-refractivity contribution in [1.29, 1.82) is 0 Å². The van der Waals surface area contributed by atoms with Gasteiger partial charge in [-0.05, 0) is 37.6 Å². The van der Waals surface area contributed by atoms with Gasteiger partial charge in [-0.3, -0.25) is 14.9 Å². The van der Waals surface area contributed by atoms with Crippen LogP contribution in [0.15, 0.2) is 24.3 Å². The van der Waals surface area contributed by atoms with Crippen LogP contribution in [0.3, 0.4) is 0 Å². The summed E-state index contributed by atoms with van der Waals surface area (Å²) in [7, 11) is 1.17. The van der Waals surface area contributed by atoms with Crippen LogP contribution in [-0.4, -0.2) is 41.0 Å². The minimum Gasteiger partial charge on any atom is -0.497 e. The summed E-state index contributed by atoms with van der Waals surface area (Å²) < 4.78 is 47.8. The van der Waals surface area contributed by atoms with E-state index in [4.69, 9.17) is 4.74 Å². The fourth-order valence-corrected chi connectivity index (χ4v) is 4.04. The number of nitrogens with one attached hydrogen (secondary N) is 4. The highest BCUT2D eigenvalue weighted by atomic mass is 19.1. The molecule has 13 heteroatoms. The zero-order valence-electron chi connectivity index (χ0n) is 20.0. The Morgan fingerprint density at radius 2 is 1.66 bits per heavy atom. The van der Waals surface area contributed by atoms with Crippen LogP contribution in [0.1, 0.15) is 43.2 Å². The first-order chi connectivity index (χ1) is 17.9. The molecule has 0 atom stereocenters. The van der Waals surface area contributed by atoms with Crippen molar-refractivity contribution in [3.05, 3.63) is 75.4 Å². The highest BCUT2D eigenvalue weighted by molar-refractivity contribution is 6.35. The van der Waals surface area contributed by atoms with Crippen LogP contribution in [0.2, 0.25) is 0 Å². The van der Waals surface area contributed by atoms with Crippen molar-refractivity contribution in [2.24, 2.45) is 0 Å². The molecule has 0 saturated carbocycles. The molecule has 4 amide bonds. The van der Waals surface area contributed by atoms with E-state index >= 15 is 0 Å². The molecule has 3 aromatic rings. The maximum absolute atomic E-state index is 14.9. The van der Waals surface area contributed by atoms with E-state index in [1.807, 2.05) is 0 Å². The first-order valence-corrected chi connectivity index (χ1v) is 10.9. The Bertz CT molecular complexity index is 1550. The number of carboxylic acid groups (broad SMARTS) is 1. The van der Waals surface area contributed by atoms with Gasteiger partial charge in [-0.15, -0.1) is 0 Å². The predicted octanol–water partition coefficient (Wildman–Crippen LogP) is 4.21. The SMILES string of the molecule is COc1cc(F)c(C(=O)NC(=O)Nc2cc3c(cc2F)C(=Cc2[nH]c(C)c(C(=O)O)c2C)C(=O)N3)c(F)c1. The smallest absolute Gasteiger partial charge is 0.337 e. The monoisotopic (exact) mass is 528 g/mol. The van der Waals surface area contributed by atoms with E-state index in [-0.39, 0.29) is 28.1 Å². The summed E-state index contributed by atoms with van der Waals surface area (Å²) in [5.41, 5.74) is -0.0276. The Kier molecular flexibility index (Phi) is 6.68. The number of ether oxygens (including phenoxy) is 1. The van der Waals surface area contributed by atoms with Gasteiger partial charge >= 0.3 is 12.0 Å². The lowest BCUT2D eigenvalue weighted by molar-refractivity contribution is -0.110. The number of carbonyl (C=O) groups excluding carboxylic acids is 3. The number of imide groups is 1. The van der Waals surface area contributed by atoms with Crippen molar-refractivity contribution >= 4 is 46.8 Å². The Hall–Kier alpha value is -5.07. The number of aryl methyl sites for hydroxylation is 1. The summed E-state index contributed by atoms with van der Waals surface area (Å²) in [5, 5.41) is 15.6. The summed E-state index contributed by atoms with van der Waals surface area (Å²) in [6, 6.07) is 2.27. The van der Waals surface area contributed by atoms with Crippen LogP contribution in [0.25, 0.3) is 11.6 Å². The third kappa shape index (κ3) is 4.68. The van der Waals surface area contributed by atoms with Crippen molar-refractivity contribution < 1.29 is 42.2 Å². The summed E-state index contributed by atoms with van der Waals surface area (Å²) in [4.78, 5) is 51.4. The average molecular weight is 528 g/mol. The van der Waals surface area contributed by atoms with Gasteiger partial charge in [-0.1, -0.05) is 0 Å². The van der Waals surface area contributed by atoms with Gasteiger partial charge in [0.1, 0.15) is 28.8 Å². The Labute approximate surface area is 212 Å². The zero-order chi connectivity index (χ0) is 27.9. The molecule has 0 aliphatic carbocycles. The molecular weight excluding hydrogens is 509 g/mol. The number of hydrogen-bond donors (Lipinski definition) is 5.